The number of ether oxygens (including phenoxy) is 1. The molecule has 2 aliphatic rings. The fraction of sp³-hybridized carbons (Fsp3) is 0.450. The summed E-state index contributed by atoms with van der Waals surface area (Å²) in [7, 11) is 1.58. The van der Waals surface area contributed by atoms with E-state index in [1.165, 1.54) is 10.7 Å². The molecule has 3 aromatic rings. The van der Waals surface area contributed by atoms with E-state index < -0.39 is 17.8 Å². The minimum absolute atomic E-state index is 0.0846. The minimum Gasteiger partial charge on any atom is -0.495 e. The highest BCUT2D eigenvalue weighted by Gasteiger charge is 2.26. The molecule has 1 saturated carbocycles. The summed E-state index contributed by atoms with van der Waals surface area (Å²) in [4.78, 5) is 8.03. The summed E-state index contributed by atoms with van der Waals surface area (Å²) in [6.07, 6.45) is 4.80. The van der Waals surface area contributed by atoms with Crippen LogP contribution >= 0.6 is 0 Å². The van der Waals surface area contributed by atoms with Gasteiger partial charge in [0.05, 0.1) is 13.3 Å². The van der Waals surface area contributed by atoms with E-state index >= 15 is 0 Å². The highest BCUT2D eigenvalue weighted by molar-refractivity contribution is 5.62. The van der Waals surface area contributed by atoms with Crippen LogP contribution < -0.4 is 15.8 Å². The Morgan fingerprint density at radius 2 is 2.00 bits per heavy atom. The third kappa shape index (κ3) is 3.91. The molecule has 7 nitrogen and oxygen atoms in total. The number of pyridine rings is 1. The highest BCUT2D eigenvalue weighted by Crippen LogP contribution is 2.40. The predicted molar refractivity (Wildman–Crippen MR) is 106 cm³/mol. The second-order valence-corrected chi connectivity index (χ2v) is 7.42. The van der Waals surface area contributed by atoms with Crippen LogP contribution in [0, 0.1) is 11.6 Å². The molecule has 5 rings (SSSR count). The lowest BCUT2D eigenvalue weighted by Crippen LogP contribution is -2.14. The van der Waals surface area contributed by atoms with Gasteiger partial charge in [0.25, 0.3) is 0 Å². The number of rotatable bonds is 3. The molecular formula is C20H23F3N6O. The summed E-state index contributed by atoms with van der Waals surface area (Å²) in [6.45, 7) is 1.43. The molecular weight excluding hydrogens is 397 g/mol. The van der Waals surface area contributed by atoms with Gasteiger partial charge in [0.15, 0.2) is 23.1 Å². The van der Waals surface area contributed by atoms with Gasteiger partial charge in [-0.1, -0.05) is 6.42 Å². The molecule has 10 heteroatoms. The van der Waals surface area contributed by atoms with Gasteiger partial charge in [0.2, 0.25) is 0 Å². The summed E-state index contributed by atoms with van der Waals surface area (Å²) in [5.41, 5.74) is 7.01. The van der Waals surface area contributed by atoms with Crippen LogP contribution in [-0.4, -0.2) is 46.0 Å². The number of nitrogens with zero attached hydrogens (tertiary/aromatic N) is 4. The monoisotopic (exact) mass is 420 g/mol. The molecule has 1 aliphatic carbocycles. The van der Waals surface area contributed by atoms with Crippen LogP contribution in [0.25, 0.3) is 17.0 Å². The molecule has 2 fully saturated rings. The van der Waals surface area contributed by atoms with Crippen LogP contribution in [0.3, 0.4) is 0 Å². The summed E-state index contributed by atoms with van der Waals surface area (Å²) in [5, 5.41) is 7.48. The largest absolute Gasteiger partial charge is 0.495 e. The van der Waals surface area contributed by atoms with Gasteiger partial charge in [0.1, 0.15) is 29.0 Å². The summed E-state index contributed by atoms with van der Waals surface area (Å²) in [6, 6.07) is 2.47. The molecule has 1 unspecified atom stereocenters. The number of imidazole rings is 1. The lowest BCUT2D eigenvalue weighted by atomic mass is 9.82. The SMILES string of the molecule is COc1cc2ncc(-c3nc(N)c(F)cc3F)n2nc1C1CCC1.FC1CCNC1. The van der Waals surface area contributed by atoms with Crippen LogP contribution in [0.5, 0.6) is 5.75 Å². The van der Waals surface area contributed by atoms with Gasteiger partial charge >= 0.3 is 0 Å². The number of nitrogens with one attached hydrogen (secondary N) is 1. The first-order valence-corrected chi connectivity index (χ1v) is 9.87. The van der Waals surface area contributed by atoms with Crippen molar-refractivity contribution in [3.63, 3.8) is 0 Å². The molecule has 0 amide bonds. The van der Waals surface area contributed by atoms with Crippen molar-refractivity contribution in [3.05, 3.63) is 35.7 Å². The molecule has 1 atom stereocenters. The number of halogens is 3. The Balaban J connectivity index is 0.000000313. The average molecular weight is 420 g/mol. The van der Waals surface area contributed by atoms with E-state index in [1.807, 2.05) is 0 Å². The average Bonchev–Trinajstić information content (AvgIpc) is 3.32. The van der Waals surface area contributed by atoms with E-state index in [1.54, 1.807) is 13.2 Å². The smallest absolute Gasteiger partial charge is 0.168 e. The zero-order valence-electron chi connectivity index (χ0n) is 16.5. The van der Waals surface area contributed by atoms with Crippen molar-refractivity contribution in [3.8, 4) is 17.1 Å². The number of fused-ring (bicyclic) bond motifs is 1. The fourth-order valence-corrected chi connectivity index (χ4v) is 3.48. The molecule has 0 radical (unpaired) electrons. The summed E-state index contributed by atoms with van der Waals surface area (Å²) < 4.78 is 46.3. The highest BCUT2D eigenvalue weighted by atomic mass is 19.1. The van der Waals surface area contributed by atoms with E-state index in [-0.39, 0.29) is 11.5 Å². The van der Waals surface area contributed by atoms with Gasteiger partial charge in [0, 0.05) is 24.6 Å². The summed E-state index contributed by atoms with van der Waals surface area (Å²) >= 11 is 0. The van der Waals surface area contributed by atoms with E-state index in [0.717, 1.165) is 31.5 Å². The number of hydrogen-bond donors (Lipinski definition) is 2. The number of aromatic nitrogens is 4. The molecule has 1 aliphatic heterocycles. The third-order valence-corrected chi connectivity index (χ3v) is 5.40. The van der Waals surface area contributed by atoms with Crippen LogP contribution in [0.1, 0.15) is 37.3 Å². The molecule has 160 valence electrons. The second kappa shape index (κ2) is 8.47. The van der Waals surface area contributed by atoms with Gasteiger partial charge in [-0.25, -0.2) is 27.7 Å². The zero-order valence-corrected chi connectivity index (χ0v) is 16.5. The van der Waals surface area contributed by atoms with Crippen LogP contribution in [0.4, 0.5) is 19.0 Å². The standard InChI is InChI=1S/C16H15F2N5O.C4H8FN/c1-24-12-6-13-20-7-11(15-9(17)5-10(18)16(19)21-15)23(13)22-14(12)8-3-2-4-8;5-4-1-2-6-3-4/h5-8H,2-4H2,1H3,(H2,19,21);4,6H,1-3H2. The van der Waals surface area contributed by atoms with E-state index in [2.05, 4.69) is 20.4 Å². The van der Waals surface area contributed by atoms with E-state index in [4.69, 9.17) is 10.5 Å². The Morgan fingerprint density at radius 1 is 1.20 bits per heavy atom. The Kier molecular flexibility index (Phi) is 5.76. The fourth-order valence-electron chi connectivity index (χ4n) is 3.48. The van der Waals surface area contributed by atoms with Crippen molar-refractivity contribution in [2.75, 3.05) is 25.9 Å². The lowest BCUT2D eigenvalue weighted by Gasteiger charge is -2.26. The summed E-state index contributed by atoms with van der Waals surface area (Å²) in [5.74, 6) is -1.10. The second-order valence-electron chi connectivity index (χ2n) is 7.42. The Bertz CT molecular complexity index is 1050. The first kappa shape index (κ1) is 20.4. The van der Waals surface area contributed by atoms with Gasteiger partial charge in [-0.3, -0.25) is 0 Å². The Hall–Kier alpha value is -2.88. The molecule has 3 N–H and O–H groups in total. The number of methoxy groups -OCH3 is 1. The van der Waals surface area contributed by atoms with Crippen molar-refractivity contribution in [1.29, 1.82) is 0 Å². The maximum atomic E-state index is 14.2. The van der Waals surface area contributed by atoms with Gasteiger partial charge in [-0.15, -0.1) is 0 Å². The first-order valence-electron chi connectivity index (χ1n) is 9.87. The van der Waals surface area contributed by atoms with E-state index in [9.17, 15) is 13.2 Å². The molecule has 30 heavy (non-hydrogen) atoms. The van der Waals surface area contributed by atoms with Crippen molar-refractivity contribution < 1.29 is 17.9 Å². The van der Waals surface area contributed by atoms with Crippen molar-refractivity contribution in [1.82, 2.24) is 24.9 Å². The molecule has 0 aromatic carbocycles. The number of nitrogen functional groups attached to an aromatic ring is 1. The van der Waals surface area contributed by atoms with Gasteiger partial charge in [-0.05, 0) is 25.8 Å². The first-order chi connectivity index (χ1) is 14.5. The Morgan fingerprint density at radius 3 is 2.57 bits per heavy atom. The lowest BCUT2D eigenvalue weighted by molar-refractivity contribution is 0.361. The zero-order chi connectivity index (χ0) is 21.3. The topological polar surface area (TPSA) is 90.4 Å². The molecule has 3 aromatic heterocycles. The maximum absolute atomic E-state index is 14.2. The van der Waals surface area contributed by atoms with Crippen molar-refractivity contribution >= 4 is 11.5 Å². The van der Waals surface area contributed by atoms with Crippen molar-refractivity contribution in [2.24, 2.45) is 0 Å². The minimum atomic E-state index is -0.894. The number of hydrogen-bond acceptors (Lipinski definition) is 6. The van der Waals surface area contributed by atoms with Gasteiger partial charge < -0.3 is 15.8 Å². The van der Waals surface area contributed by atoms with Crippen LogP contribution in [0.2, 0.25) is 0 Å². The number of nitrogens with two attached hydrogens (primary N) is 1. The molecule has 4 heterocycles. The predicted octanol–water partition coefficient (Wildman–Crippen LogP) is 3.25. The van der Waals surface area contributed by atoms with Crippen molar-refractivity contribution in [2.45, 2.75) is 37.8 Å². The van der Waals surface area contributed by atoms with Gasteiger partial charge in [-0.2, -0.15) is 5.10 Å². The maximum Gasteiger partial charge on any atom is 0.168 e. The molecule has 1 saturated heterocycles. The van der Waals surface area contributed by atoms with Crippen LogP contribution in [-0.2, 0) is 0 Å². The number of anilines is 1. The van der Waals surface area contributed by atoms with E-state index in [0.29, 0.717) is 42.0 Å². The quantitative estimate of drug-likeness (QED) is 0.676. The molecule has 0 spiro atoms. The van der Waals surface area contributed by atoms with Crippen LogP contribution in [0.15, 0.2) is 18.3 Å². The molecule has 0 bridgehead atoms. The third-order valence-electron chi connectivity index (χ3n) is 5.40. The normalized spacial score (nSPS) is 18.7. The number of alkyl halides is 1. The Labute approximate surface area is 171 Å².